The molecular weight excluding hydrogens is 689 g/mol. The first kappa shape index (κ1) is 35.3. The molecule has 16 nitrogen and oxygen atoms in total. The molecule has 0 aliphatic heterocycles. The number of azo groups is 1. The fourth-order valence-electron chi connectivity index (χ4n) is 4.55. The second kappa shape index (κ2) is 15.5. The molecule has 18 heteroatoms. The van der Waals surface area contributed by atoms with Crippen molar-refractivity contribution in [3.8, 4) is 16.9 Å². The number of nitrogens with one attached hydrogen (secondary N) is 1. The van der Waals surface area contributed by atoms with Crippen LogP contribution in [-0.2, 0) is 29.1 Å². The van der Waals surface area contributed by atoms with Crippen LogP contribution >= 0.6 is 11.3 Å². The smallest absolute Gasteiger partial charge is 0.344 e. The van der Waals surface area contributed by atoms with E-state index in [0.29, 0.717) is 22.6 Å². The summed E-state index contributed by atoms with van der Waals surface area (Å²) >= 11 is 0.522. The van der Waals surface area contributed by atoms with Gasteiger partial charge in [0.15, 0.2) is 11.5 Å². The zero-order chi connectivity index (χ0) is 35.8. The Balaban J connectivity index is 1.66. The van der Waals surface area contributed by atoms with Crippen molar-refractivity contribution in [2.75, 3.05) is 18.5 Å². The van der Waals surface area contributed by atoms with Crippen molar-refractivity contribution in [3.05, 3.63) is 102 Å². The van der Waals surface area contributed by atoms with Gasteiger partial charge in [-0.1, -0.05) is 78.1 Å². The first-order valence-electron chi connectivity index (χ1n) is 14.8. The largest absolute Gasteiger partial charge is 0.464 e. The molecule has 0 spiro atoms. The predicted molar refractivity (Wildman–Crippen MR) is 180 cm³/mol. The number of carbonyl (C=O) groups excluding carboxylic acids is 4. The number of esters is 2. The number of hydrogen-bond acceptors (Lipinski definition) is 14. The molecule has 256 valence electrons. The molecule has 3 aromatic carbocycles. The van der Waals surface area contributed by atoms with Crippen LogP contribution in [0.25, 0.3) is 16.9 Å². The van der Waals surface area contributed by atoms with E-state index in [1.807, 2.05) is 0 Å². The number of primary sulfonamides is 1. The first-order valence-corrected chi connectivity index (χ1v) is 17.2. The summed E-state index contributed by atoms with van der Waals surface area (Å²) in [6.07, 6.45) is 0. The minimum absolute atomic E-state index is 0.00753. The summed E-state index contributed by atoms with van der Waals surface area (Å²) in [5.41, 5.74) is 1.12. The molecular formula is C32H28N8O8S2. The molecule has 0 fully saturated rings. The molecule has 2 heterocycles. The van der Waals surface area contributed by atoms with Crippen LogP contribution in [0, 0.1) is 0 Å². The van der Waals surface area contributed by atoms with Gasteiger partial charge in [0.2, 0.25) is 9.47 Å². The number of ether oxygens (including phenoxy) is 2. The summed E-state index contributed by atoms with van der Waals surface area (Å²) in [7, 11) is -4.19. The molecule has 3 N–H and O–H groups in total. The number of amides is 1. The zero-order valence-corrected chi connectivity index (χ0v) is 28.1. The Morgan fingerprint density at radius 3 is 2.14 bits per heavy atom. The average molecular weight is 717 g/mol. The van der Waals surface area contributed by atoms with Crippen LogP contribution in [0.4, 0.5) is 10.8 Å². The van der Waals surface area contributed by atoms with Gasteiger partial charge in [0, 0.05) is 11.1 Å². The second-order valence-electron chi connectivity index (χ2n) is 10.1. The average Bonchev–Trinajstić information content (AvgIpc) is 3.75. The minimum Gasteiger partial charge on any atom is -0.464 e. The van der Waals surface area contributed by atoms with Gasteiger partial charge in [0.25, 0.3) is 22.0 Å². The van der Waals surface area contributed by atoms with Crippen LogP contribution < -0.4 is 10.5 Å². The van der Waals surface area contributed by atoms with Gasteiger partial charge in [0.1, 0.15) is 0 Å². The molecule has 0 unspecified atom stereocenters. The monoisotopic (exact) mass is 716 g/mol. The summed E-state index contributed by atoms with van der Waals surface area (Å²) < 4.78 is 34.3. The van der Waals surface area contributed by atoms with Crippen LogP contribution in [-0.4, -0.2) is 71.3 Å². The molecule has 0 aliphatic carbocycles. The van der Waals surface area contributed by atoms with E-state index in [1.54, 1.807) is 92.7 Å². The number of benzene rings is 3. The van der Waals surface area contributed by atoms with E-state index < -0.39 is 44.0 Å². The zero-order valence-electron chi connectivity index (χ0n) is 26.4. The summed E-state index contributed by atoms with van der Waals surface area (Å²) in [5.74, 6) is -3.29. The molecule has 0 saturated carbocycles. The first-order chi connectivity index (χ1) is 24.0. The third-order valence-corrected chi connectivity index (χ3v) is 8.81. The maximum atomic E-state index is 14.2. The van der Waals surface area contributed by atoms with Gasteiger partial charge >= 0.3 is 11.9 Å². The summed E-state index contributed by atoms with van der Waals surface area (Å²) in [6.45, 7) is 3.17. The van der Waals surface area contributed by atoms with E-state index in [-0.39, 0.29) is 46.5 Å². The lowest BCUT2D eigenvalue weighted by Gasteiger charge is -2.11. The van der Waals surface area contributed by atoms with Crippen molar-refractivity contribution in [3.63, 3.8) is 0 Å². The lowest BCUT2D eigenvalue weighted by Crippen LogP contribution is -2.31. The van der Waals surface area contributed by atoms with Gasteiger partial charge in [-0.3, -0.25) is 14.9 Å². The van der Waals surface area contributed by atoms with Gasteiger partial charge in [-0.05, 0) is 32.0 Å². The Morgan fingerprint density at radius 2 is 1.54 bits per heavy atom. The molecule has 0 radical (unpaired) electrons. The van der Waals surface area contributed by atoms with Gasteiger partial charge in [0.05, 0.1) is 35.8 Å². The van der Waals surface area contributed by atoms with Crippen LogP contribution in [0.3, 0.4) is 0 Å². The van der Waals surface area contributed by atoms with E-state index in [2.05, 4.69) is 30.8 Å². The second-order valence-corrected chi connectivity index (χ2v) is 12.8. The number of carbonyl (C=O) groups is 4. The SMILES string of the molecule is CCOC(=O)C(N=Nc1cccc(-n2nc(C(=O)Nc3nnc(S(N)(=O)=O)s3)c(C(=O)c3ccccc3)c2-c2ccccc2)c1)C(=O)OCC. The topological polar surface area (TPSA) is 227 Å². The van der Waals surface area contributed by atoms with Gasteiger partial charge in [-0.25, -0.2) is 27.8 Å². The molecule has 2 aromatic heterocycles. The van der Waals surface area contributed by atoms with Crippen LogP contribution in [0.2, 0.25) is 0 Å². The summed E-state index contributed by atoms with van der Waals surface area (Å²) in [5, 5.41) is 27.2. The molecule has 50 heavy (non-hydrogen) atoms. The lowest BCUT2D eigenvalue weighted by molar-refractivity contribution is -0.156. The minimum atomic E-state index is -4.19. The van der Waals surface area contributed by atoms with Gasteiger partial charge in [-0.15, -0.1) is 10.2 Å². The van der Waals surface area contributed by atoms with Gasteiger partial charge < -0.3 is 9.47 Å². The van der Waals surface area contributed by atoms with Crippen LogP contribution in [0.5, 0.6) is 0 Å². The molecule has 0 aliphatic rings. The molecule has 1 amide bonds. The molecule has 0 saturated heterocycles. The highest BCUT2D eigenvalue weighted by Crippen LogP contribution is 2.33. The Hall–Kier alpha value is -5.98. The molecule has 0 atom stereocenters. The fraction of sp³-hybridized carbons (Fsp3) is 0.156. The Morgan fingerprint density at radius 1 is 0.900 bits per heavy atom. The normalized spacial score (nSPS) is 11.4. The lowest BCUT2D eigenvalue weighted by atomic mass is 9.97. The Labute approximate surface area is 289 Å². The van der Waals surface area contributed by atoms with Crippen molar-refractivity contribution in [2.45, 2.75) is 24.2 Å². The third kappa shape index (κ3) is 8.00. The highest BCUT2D eigenvalue weighted by molar-refractivity contribution is 7.91. The number of anilines is 1. The van der Waals surface area contributed by atoms with E-state index in [0.717, 1.165) is 0 Å². The Bertz CT molecular complexity index is 2170. The number of aromatic nitrogens is 4. The van der Waals surface area contributed by atoms with Crippen molar-refractivity contribution >= 4 is 55.8 Å². The van der Waals surface area contributed by atoms with E-state index >= 15 is 0 Å². The van der Waals surface area contributed by atoms with Crippen LogP contribution in [0.15, 0.2) is 99.5 Å². The quantitative estimate of drug-likeness (QED) is 0.0579. The number of sulfonamides is 1. The molecule has 0 bridgehead atoms. The number of rotatable bonds is 13. The maximum absolute atomic E-state index is 14.2. The van der Waals surface area contributed by atoms with Crippen molar-refractivity contribution in [1.82, 2.24) is 20.0 Å². The van der Waals surface area contributed by atoms with E-state index in [4.69, 9.17) is 14.6 Å². The van der Waals surface area contributed by atoms with Crippen molar-refractivity contribution < 1.29 is 37.1 Å². The maximum Gasteiger partial charge on any atom is 0.344 e. The number of nitrogens with two attached hydrogens (primary N) is 1. The highest BCUT2D eigenvalue weighted by Gasteiger charge is 2.32. The van der Waals surface area contributed by atoms with E-state index in [9.17, 15) is 27.6 Å². The van der Waals surface area contributed by atoms with Gasteiger partial charge in [-0.2, -0.15) is 15.3 Å². The number of nitrogens with zero attached hydrogens (tertiary/aromatic N) is 6. The van der Waals surface area contributed by atoms with E-state index in [1.165, 1.54) is 10.7 Å². The predicted octanol–water partition coefficient (Wildman–Crippen LogP) is 4.10. The number of ketones is 1. The standard InChI is InChI=1S/C32H28N8O8S2/c1-3-47-29(43)25(30(44)48-4-2)36-35-21-16-11-17-22(18-21)40-26(19-12-7-5-8-13-19)23(27(41)20-14-9-6-10-15-20)24(39-40)28(42)34-31-37-38-32(49-31)50(33,45)46/h5-18,25H,3-4H2,1-2H3,(H2,33,45,46)(H,34,37,42). The van der Waals surface area contributed by atoms with Crippen LogP contribution in [0.1, 0.15) is 40.3 Å². The fourth-order valence-corrected chi connectivity index (χ4v) is 5.88. The van der Waals surface area contributed by atoms with Crippen molar-refractivity contribution in [1.29, 1.82) is 0 Å². The Kier molecular flexibility index (Phi) is 10.9. The summed E-state index contributed by atoms with van der Waals surface area (Å²) in [4.78, 5) is 52.9. The molecule has 5 rings (SSSR count). The number of hydrogen-bond donors (Lipinski definition) is 2. The van der Waals surface area contributed by atoms with Crippen molar-refractivity contribution in [2.24, 2.45) is 15.4 Å². The third-order valence-electron chi connectivity index (χ3n) is 6.66. The summed E-state index contributed by atoms with van der Waals surface area (Å²) in [6, 6.07) is 21.6. The molecule has 5 aromatic rings. The highest BCUT2D eigenvalue weighted by atomic mass is 32.2.